The minimum atomic E-state index is 1.36. The Bertz CT molecular complexity index is 607. The third-order valence-electron chi connectivity index (χ3n) is 2.10. The van der Waals surface area contributed by atoms with Crippen LogP contribution in [0.1, 0.15) is 11.8 Å². The summed E-state index contributed by atoms with van der Waals surface area (Å²) in [6.07, 6.45) is 4.28. The Hall–Kier alpha value is -0.640. The summed E-state index contributed by atoms with van der Waals surface area (Å²) in [5.74, 6) is 0. The highest BCUT2D eigenvalue weighted by atomic mass is 32.1. The summed E-state index contributed by atoms with van der Waals surface area (Å²) in [4.78, 5) is 1.36. The van der Waals surface area contributed by atoms with E-state index in [1.807, 2.05) is 34.0 Å². The third kappa shape index (κ3) is 1.16. The summed E-state index contributed by atoms with van der Waals surface area (Å²) in [5, 5.41) is 2.18. The second-order valence-electron chi connectivity index (χ2n) is 3.06. The molecule has 0 N–H and O–H groups in total. The maximum atomic E-state index is 2.29. The molecule has 0 saturated carbocycles. The maximum absolute atomic E-state index is 2.29. The average Bonchev–Trinajstić information content (AvgIpc) is 2.75. The molecule has 3 aromatic rings. The van der Waals surface area contributed by atoms with E-state index < -0.39 is 0 Å². The van der Waals surface area contributed by atoms with Gasteiger partial charge in [0.2, 0.25) is 0 Å². The number of rotatable bonds is 1. The van der Waals surface area contributed by atoms with Crippen molar-refractivity contribution < 1.29 is 0 Å². The molecule has 0 radical (unpaired) electrons. The molecular weight excluding hydrogens is 228 g/mol. The van der Waals surface area contributed by atoms with Gasteiger partial charge in [-0.1, -0.05) is 6.08 Å². The number of thiophene rings is 3. The predicted molar refractivity (Wildman–Crippen MR) is 69.8 cm³/mol. The quantitative estimate of drug-likeness (QED) is 0.544. The zero-order valence-electron chi connectivity index (χ0n) is 7.61. The normalized spacial score (nSPS) is 12.4. The maximum Gasteiger partial charge on any atom is 0.0635 e. The van der Waals surface area contributed by atoms with Gasteiger partial charge in [-0.2, -0.15) is 0 Å². The van der Waals surface area contributed by atoms with E-state index in [2.05, 4.69) is 36.6 Å². The molecule has 0 spiro atoms. The zero-order chi connectivity index (χ0) is 9.54. The van der Waals surface area contributed by atoms with Crippen LogP contribution in [0.2, 0.25) is 0 Å². The highest BCUT2D eigenvalue weighted by molar-refractivity contribution is 7.38. The van der Waals surface area contributed by atoms with E-state index in [4.69, 9.17) is 0 Å². The first-order chi connectivity index (χ1) is 6.88. The summed E-state index contributed by atoms with van der Waals surface area (Å²) in [5.41, 5.74) is 0. The number of allylic oxidation sites excluding steroid dienone is 1. The molecule has 0 bridgehead atoms. The van der Waals surface area contributed by atoms with Crippen LogP contribution in [0.5, 0.6) is 0 Å². The second-order valence-corrected chi connectivity index (χ2v) is 6.14. The van der Waals surface area contributed by atoms with Crippen LogP contribution in [0, 0.1) is 0 Å². The average molecular weight is 236 g/mol. The molecule has 0 aliphatic carbocycles. The lowest BCUT2D eigenvalue weighted by atomic mass is 10.4. The van der Waals surface area contributed by atoms with Crippen LogP contribution in [0.25, 0.3) is 24.9 Å². The van der Waals surface area contributed by atoms with E-state index in [-0.39, 0.29) is 0 Å². The Balaban J connectivity index is 2.37. The molecule has 0 amide bonds. The topological polar surface area (TPSA) is 0 Å². The second kappa shape index (κ2) is 3.19. The monoisotopic (exact) mass is 236 g/mol. The van der Waals surface area contributed by atoms with Crippen molar-refractivity contribution in [3.05, 3.63) is 28.5 Å². The minimum Gasteiger partial charge on any atom is -0.141 e. The Morgan fingerprint density at radius 2 is 2.07 bits per heavy atom. The predicted octanol–water partition coefficient (Wildman–Crippen LogP) is 5.21. The van der Waals surface area contributed by atoms with Crippen LogP contribution in [0.15, 0.2) is 23.6 Å². The van der Waals surface area contributed by atoms with Gasteiger partial charge in [0, 0.05) is 14.3 Å². The van der Waals surface area contributed by atoms with Crippen molar-refractivity contribution in [2.45, 2.75) is 6.92 Å². The molecule has 0 unspecified atom stereocenters. The number of fused-ring (bicyclic) bond motifs is 3. The summed E-state index contributed by atoms with van der Waals surface area (Å²) >= 11 is 5.65. The molecule has 0 atom stereocenters. The fourth-order valence-electron chi connectivity index (χ4n) is 1.53. The molecule has 3 heteroatoms. The Labute approximate surface area is 94.1 Å². The fourth-order valence-corrected chi connectivity index (χ4v) is 5.28. The van der Waals surface area contributed by atoms with Gasteiger partial charge in [0.25, 0.3) is 0 Å². The molecule has 3 rings (SSSR count). The molecule has 0 saturated heterocycles. The van der Waals surface area contributed by atoms with E-state index in [1.165, 1.54) is 23.7 Å². The Morgan fingerprint density at radius 3 is 2.93 bits per heavy atom. The van der Waals surface area contributed by atoms with Crippen LogP contribution in [0.3, 0.4) is 0 Å². The lowest BCUT2D eigenvalue weighted by molar-refractivity contribution is 1.79. The molecule has 0 nitrogen and oxygen atoms in total. The first kappa shape index (κ1) is 8.65. The molecule has 0 aliphatic rings. The van der Waals surface area contributed by atoms with Crippen LogP contribution in [0.4, 0.5) is 0 Å². The molecule has 3 heterocycles. The summed E-state index contributed by atoms with van der Waals surface area (Å²) in [7, 11) is 0. The highest BCUT2D eigenvalue weighted by Gasteiger charge is 2.08. The summed E-state index contributed by atoms with van der Waals surface area (Å²) in [6.45, 7) is 2.06. The van der Waals surface area contributed by atoms with E-state index in [0.717, 1.165) is 0 Å². The molecule has 3 aromatic heterocycles. The van der Waals surface area contributed by atoms with Crippen molar-refractivity contribution in [3.8, 4) is 0 Å². The summed E-state index contributed by atoms with van der Waals surface area (Å²) < 4.78 is 5.80. The van der Waals surface area contributed by atoms with Crippen molar-refractivity contribution in [1.29, 1.82) is 0 Å². The molecule has 14 heavy (non-hydrogen) atoms. The standard InChI is InChI=1S/C11H8S3/c1-2-3-7-6-9-11(13-7)10-8(14-9)4-5-12-10/h2-6H,1H3/b3-2+. The molecule has 0 aliphatic heterocycles. The van der Waals surface area contributed by atoms with Gasteiger partial charge in [-0.25, -0.2) is 0 Å². The summed E-state index contributed by atoms with van der Waals surface area (Å²) in [6, 6.07) is 4.50. The van der Waals surface area contributed by atoms with Gasteiger partial charge in [0.15, 0.2) is 0 Å². The van der Waals surface area contributed by atoms with Crippen molar-refractivity contribution in [3.63, 3.8) is 0 Å². The van der Waals surface area contributed by atoms with Gasteiger partial charge in [0.05, 0.1) is 9.40 Å². The number of hydrogen-bond donors (Lipinski definition) is 0. The van der Waals surface area contributed by atoms with Crippen LogP contribution in [-0.2, 0) is 0 Å². The number of hydrogen-bond acceptors (Lipinski definition) is 3. The third-order valence-corrected chi connectivity index (χ3v) is 5.64. The van der Waals surface area contributed by atoms with Crippen molar-refractivity contribution in [1.82, 2.24) is 0 Å². The van der Waals surface area contributed by atoms with Crippen molar-refractivity contribution >= 4 is 58.9 Å². The highest BCUT2D eigenvalue weighted by Crippen LogP contribution is 2.42. The van der Waals surface area contributed by atoms with Gasteiger partial charge in [-0.3, -0.25) is 0 Å². The van der Waals surface area contributed by atoms with Gasteiger partial charge >= 0.3 is 0 Å². The Morgan fingerprint density at radius 1 is 1.14 bits per heavy atom. The SMILES string of the molecule is C/C=C/c1cc2sc3ccsc3c2s1. The van der Waals surface area contributed by atoms with E-state index >= 15 is 0 Å². The lowest BCUT2D eigenvalue weighted by Gasteiger charge is -1.79. The molecule has 70 valence electrons. The van der Waals surface area contributed by atoms with Gasteiger partial charge in [0.1, 0.15) is 0 Å². The van der Waals surface area contributed by atoms with Crippen LogP contribution >= 0.6 is 34.0 Å². The van der Waals surface area contributed by atoms with Gasteiger partial charge in [-0.15, -0.1) is 34.0 Å². The van der Waals surface area contributed by atoms with Crippen molar-refractivity contribution in [2.24, 2.45) is 0 Å². The minimum absolute atomic E-state index is 1.36. The van der Waals surface area contributed by atoms with Gasteiger partial charge in [-0.05, 0) is 30.5 Å². The van der Waals surface area contributed by atoms with Gasteiger partial charge < -0.3 is 0 Å². The van der Waals surface area contributed by atoms with Crippen LogP contribution in [-0.4, -0.2) is 0 Å². The molecular formula is C11H8S3. The fraction of sp³-hybridized carbons (Fsp3) is 0.0909. The van der Waals surface area contributed by atoms with E-state index in [1.54, 1.807) is 0 Å². The van der Waals surface area contributed by atoms with E-state index in [0.29, 0.717) is 0 Å². The first-order valence-electron chi connectivity index (χ1n) is 4.41. The van der Waals surface area contributed by atoms with Crippen LogP contribution < -0.4 is 0 Å². The Kier molecular flexibility index (Phi) is 1.97. The smallest absolute Gasteiger partial charge is 0.0635 e. The van der Waals surface area contributed by atoms with Crippen molar-refractivity contribution in [2.75, 3.05) is 0 Å². The molecule has 0 aromatic carbocycles. The largest absolute Gasteiger partial charge is 0.141 e. The molecule has 0 fully saturated rings. The zero-order valence-corrected chi connectivity index (χ0v) is 10.1. The van der Waals surface area contributed by atoms with E-state index in [9.17, 15) is 0 Å². The lowest BCUT2D eigenvalue weighted by Crippen LogP contribution is -1.51. The first-order valence-corrected chi connectivity index (χ1v) is 6.92.